The molecule has 4 rings (SSSR count). The van der Waals surface area contributed by atoms with E-state index < -0.39 is 24.4 Å². The first-order valence-electron chi connectivity index (χ1n) is 14.1. The number of esters is 1. The first kappa shape index (κ1) is 29.7. The van der Waals surface area contributed by atoms with Crippen molar-refractivity contribution in [2.75, 3.05) is 49.4 Å². The van der Waals surface area contributed by atoms with Gasteiger partial charge in [0.15, 0.2) is 0 Å². The summed E-state index contributed by atoms with van der Waals surface area (Å²) in [4.78, 5) is 33.2. The highest BCUT2D eigenvalue weighted by Crippen LogP contribution is 2.41. The molecule has 10 heteroatoms. The number of alkyl halides is 2. The van der Waals surface area contributed by atoms with Gasteiger partial charge in [-0.25, -0.2) is 9.18 Å². The third-order valence-electron chi connectivity index (χ3n) is 7.82. The summed E-state index contributed by atoms with van der Waals surface area (Å²) in [6, 6.07) is 13.4. The van der Waals surface area contributed by atoms with Crippen LogP contribution in [0.25, 0.3) is 0 Å². The maximum atomic E-state index is 13.7. The topological polar surface area (TPSA) is 81.2 Å². The van der Waals surface area contributed by atoms with Gasteiger partial charge < -0.3 is 19.1 Å². The molecule has 2 heterocycles. The molecule has 2 aliphatic rings. The average Bonchev–Trinajstić information content (AvgIpc) is 3.72. The van der Waals surface area contributed by atoms with Gasteiger partial charge >= 0.3 is 5.97 Å². The first-order chi connectivity index (χ1) is 19.4. The molecular formula is C30H39F2N3O5. The monoisotopic (exact) mass is 559 g/mol. The van der Waals surface area contributed by atoms with E-state index >= 15 is 0 Å². The van der Waals surface area contributed by atoms with Crippen molar-refractivity contribution < 1.29 is 32.6 Å². The lowest BCUT2D eigenvalue weighted by atomic mass is 9.90. The third kappa shape index (κ3) is 6.89. The summed E-state index contributed by atoms with van der Waals surface area (Å²) in [5.41, 5.74) is 0.469. The van der Waals surface area contributed by atoms with E-state index in [2.05, 4.69) is 4.98 Å². The van der Waals surface area contributed by atoms with E-state index in [1.54, 1.807) is 26.0 Å². The highest BCUT2D eigenvalue weighted by Gasteiger charge is 2.44. The van der Waals surface area contributed by atoms with E-state index in [1.165, 1.54) is 4.90 Å². The quantitative estimate of drug-likeness (QED) is 0.155. The number of hydrogen-bond acceptors (Lipinski definition) is 7. The lowest BCUT2D eigenvalue weighted by Crippen LogP contribution is -2.55. The Bertz CT molecular complexity index is 1110. The van der Waals surface area contributed by atoms with E-state index in [-0.39, 0.29) is 44.8 Å². The predicted octanol–water partition coefficient (Wildman–Crippen LogP) is 4.90. The lowest BCUT2D eigenvalue weighted by Gasteiger charge is -2.39. The van der Waals surface area contributed by atoms with Crippen molar-refractivity contribution in [3.8, 4) is 5.88 Å². The molecule has 1 amide bonds. The highest BCUT2D eigenvalue weighted by molar-refractivity contribution is 5.92. The summed E-state index contributed by atoms with van der Waals surface area (Å²) in [6.45, 7) is 5.00. The van der Waals surface area contributed by atoms with Gasteiger partial charge in [0.2, 0.25) is 12.3 Å². The van der Waals surface area contributed by atoms with Gasteiger partial charge in [0, 0.05) is 6.42 Å². The molecule has 2 aromatic rings. The van der Waals surface area contributed by atoms with E-state index in [1.807, 2.05) is 35.2 Å². The van der Waals surface area contributed by atoms with Gasteiger partial charge in [-0.1, -0.05) is 44.2 Å². The number of pyridine rings is 1. The molecule has 1 aromatic carbocycles. The van der Waals surface area contributed by atoms with Crippen LogP contribution in [0.2, 0.25) is 0 Å². The Balaban J connectivity index is 1.45. The van der Waals surface area contributed by atoms with Crippen LogP contribution in [0.15, 0.2) is 42.5 Å². The lowest BCUT2D eigenvalue weighted by molar-refractivity contribution is -0.151. The maximum Gasteiger partial charge on any atom is 0.332 e. The van der Waals surface area contributed by atoms with Crippen molar-refractivity contribution in [1.29, 1.82) is 0 Å². The predicted molar refractivity (Wildman–Crippen MR) is 148 cm³/mol. The first-order valence-corrected chi connectivity index (χ1v) is 14.1. The second-order valence-electron chi connectivity index (χ2n) is 10.5. The second kappa shape index (κ2) is 13.9. The normalized spacial score (nSPS) is 18.6. The Hall–Kier alpha value is -3.27. The van der Waals surface area contributed by atoms with Crippen molar-refractivity contribution in [2.45, 2.75) is 57.8 Å². The molecule has 0 radical (unpaired) electrons. The highest BCUT2D eigenvalue weighted by atomic mass is 19.1. The summed E-state index contributed by atoms with van der Waals surface area (Å²) < 4.78 is 43.6. The molecule has 0 spiro atoms. The summed E-state index contributed by atoms with van der Waals surface area (Å²) in [5.74, 6) is 0.603. The minimum atomic E-state index is -1.30. The standard InChI is InChI=1S/C30H39F2N3O5/c1-3-30(4-2,29(37)39-14-8-13-31)35(21-36)27-12-11-26(34-16-25(32)17-34)28(33-27)40-20-24-15-23(24)19-38-18-22-9-6-5-7-10-22/h5-7,9-12,21,23-25H,3-4,8,13-20H2,1-2H3. The van der Waals surface area contributed by atoms with E-state index in [0.29, 0.717) is 49.6 Å². The Morgan fingerprint density at radius 3 is 2.50 bits per heavy atom. The molecule has 1 saturated carbocycles. The smallest absolute Gasteiger partial charge is 0.332 e. The Labute approximate surface area is 234 Å². The van der Waals surface area contributed by atoms with Gasteiger partial charge in [0.25, 0.3) is 0 Å². The number of rotatable bonds is 17. The van der Waals surface area contributed by atoms with E-state index in [0.717, 1.165) is 12.0 Å². The number of ether oxygens (including phenoxy) is 3. The zero-order valence-electron chi connectivity index (χ0n) is 23.3. The molecule has 2 atom stereocenters. The van der Waals surface area contributed by atoms with Gasteiger partial charge in [0.1, 0.15) is 23.2 Å². The maximum absolute atomic E-state index is 13.7. The number of anilines is 2. The zero-order chi connectivity index (χ0) is 28.5. The molecule has 2 unspecified atom stereocenters. The van der Waals surface area contributed by atoms with Crippen LogP contribution in [0.4, 0.5) is 20.3 Å². The number of carbonyl (C=O) groups is 2. The van der Waals surface area contributed by atoms with E-state index in [9.17, 15) is 18.4 Å². The van der Waals surface area contributed by atoms with Gasteiger partial charge in [-0.3, -0.25) is 14.1 Å². The number of aromatic nitrogens is 1. The summed E-state index contributed by atoms with van der Waals surface area (Å²) in [5, 5.41) is 0. The minimum Gasteiger partial charge on any atom is -0.476 e. The Kier molecular flexibility index (Phi) is 10.3. The average molecular weight is 560 g/mol. The third-order valence-corrected chi connectivity index (χ3v) is 7.82. The fraction of sp³-hybridized carbons (Fsp3) is 0.567. The van der Waals surface area contributed by atoms with Gasteiger partial charge in [-0.15, -0.1) is 0 Å². The Morgan fingerprint density at radius 2 is 1.85 bits per heavy atom. The number of amides is 1. The van der Waals surface area contributed by atoms with Crippen LogP contribution in [-0.4, -0.2) is 68.7 Å². The number of hydrogen-bond donors (Lipinski definition) is 0. The largest absolute Gasteiger partial charge is 0.476 e. The van der Waals surface area contributed by atoms with Crippen molar-refractivity contribution in [3.63, 3.8) is 0 Å². The zero-order valence-corrected chi connectivity index (χ0v) is 23.3. The minimum absolute atomic E-state index is 0.0680. The molecule has 0 N–H and O–H groups in total. The van der Waals surface area contributed by atoms with Crippen LogP contribution in [-0.2, 0) is 25.7 Å². The van der Waals surface area contributed by atoms with Crippen LogP contribution in [0.1, 0.15) is 45.1 Å². The fourth-order valence-electron chi connectivity index (χ4n) is 5.04. The van der Waals surface area contributed by atoms with Crippen LogP contribution in [0.5, 0.6) is 5.88 Å². The SMILES string of the molecule is CCC(CC)(C(=O)OCCCF)N(C=O)c1ccc(N2CC(F)C2)c(OCC2CC2COCc2ccccc2)n1. The van der Waals surface area contributed by atoms with Gasteiger partial charge in [-0.05, 0) is 48.8 Å². The molecule has 1 aromatic heterocycles. The van der Waals surface area contributed by atoms with Gasteiger partial charge in [-0.2, -0.15) is 4.98 Å². The molecule has 218 valence electrons. The molecule has 8 nitrogen and oxygen atoms in total. The van der Waals surface area contributed by atoms with E-state index in [4.69, 9.17) is 14.2 Å². The van der Waals surface area contributed by atoms with Gasteiger partial charge in [0.05, 0.1) is 46.2 Å². The molecule has 1 aliphatic carbocycles. The summed E-state index contributed by atoms with van der Waals surface area (Å²) >= 11 is 0. The molecule has 40 heavy (non-hydrogen) atoms. The molecule has 2 fully saturated rings. The summed E-state index contributed by atoms with van der Waals surface area (Å²) in [7, 11) is 0. The van der Waals surface area contributed by atoms with Crippen LogP contribution in [0.3, 0.4) is 0 Å². The van der Waals surface area contributed by atoms with Crippen molar-refractivity contribution in [2.24, 2.45) is 11.8 Å². The van der Waals surface area contributed by atoms with Crippen molar-refractivity contribution >= 4 is 23.9 Å². The second-order valence-corrected chi connectivity index (χ2v) is 10.5. The van der Waals surface area contributed by atoms with Crippen molar-refractivity contribution in [3.05, 3.63) is 48.0 Å². The van der Waals surface area contributed by atoms with Crippen molar-refractivity contribution in [1.82, 2.24) is 4.98 Å². The molecule has 1 saturated heterocycles. The fourth-order valence-corrected chi connectivity index (χ4v) is 5.04. The Morgan fingerprint density at radius 1 is 1.12 bits per heavy atom. The van der Waals surface area contributed by atoms with Crippen LogP contribution < -0.4 is 14.5 Å². The number of nitrogens with zero attached hydrogens (tertiary/aromatic N) is 3. The summed E-state index contributed by atoms with van der Waals surface area (Å²) in [6.07, 6.45) is 1.27. The molecule has 0 bridgehead atoms. The molecular weight excluding hydrogens is 520 g/mol. The number of carbonyl (C=O) groups excluding carboxylic acids is 2. The molecule has 1 aliphatic heterocycles. The number of benzene rings is 1. The van der Waals surface area contributed by atoms with Crippen LogP contribution >= 0.6 is 0 Å². The van der Waals surface area contributed by atoms with Crippen LogP contribution in [0, 0.1) is 11.8 Å². The number of halogens is 2.